The average molecular weight is 236 g/mol. The molecule has 0 spiro atoms. The van der Waals surface area contributed by atoms with Crippen LogP contribution in [0.25, 0.3) is 0 Å². The van der Waals surface area contributed by atoms with Crippen molar-refractivity contribution in [2.75, 3.05) is 13.2 Å². The molecule has 0 saturated carbocycles. The van der Waals surface area contributed by atoms with E-state index in [1.54, 1.807) is 0 Å². The summed E-state index contributed by atoms with van der Waals surface area (Å²) < 4.78 is 17.0. The van der Waals surface area contributed by atoms with E-state index in [1.165, 1.54) is 0 Å². The van der Waals surface area contributed by atoms with E-state index in [-0.39, 0.29) is 18.5 Å². The van der Waals surface area contributed by atoms with Gasteiger partial charge in [-0.1, -0.05) is 30.3 Å². The van der Waals surface area contributed by atoms with Gasteiger partial charge >= 0.3 is 0 Å². The lowest BCUT2D eigenvalue weighted by atomic mass is 10.0. The zero-order chi connectivity index (χ0) is 11.7. The molecule has 3 rings (SSSR count). The normalized spacial score (nSPS) is 37.5. The number of benzene rings is 1. The summed E-state index contributed by atoms with van der Waals surface area (Å²) in [6.07, 6.45) is -0.259. The van der Waals surface area contributed by atoms with Gasteiger partial charge in [0, 0.05) is 12.0 Å². The van der Waals surface area contributed by atoms with E-state index in [4.69, 9.17) is 14.2 Å². The highest BCUT2D eigenvalue weighted by atomic mass is 16.7. The van der Waals surface area contributed by atoms with E-state index in [1.807, 2.05) is 30.3 Å². The Hall–Kier alpha value is -0.940. The van der Waals surface area contributed by atoms with Crippen LogP contribution in [0.2, 0.25) is 0 Å². The maximum absolute atomic E-state index is 9.56. The molecule has 4 heteroatoms. The second kappa shape index (κ2) is 4.74. The van der Waals surface area contributed by atoms with Crippen molar-refractivity contribution < 1.29 is 19.3 Å². The van der Waals surface area contributed by atoms with Crippen LogP contribution in [0.1, 0.15) is 18.3 Å². The van der Waals surface area contributed by atoms with Crippen LogP contribution in [-0.2, 0) is 14.2 Å². The van der Waals surface area contributed by atoms with Crippen molar-refractivity contribution in [2.45, 2.75) is 31.0 Å². The summed E-state index contributed by atoms with van der Waals surface area (Å²) in [4.78, 5) is 0. The fraction of sp³-hybridized carbons (Fsp3) is 0.538. The number of hydrogen-bond donors (Lipinski definition) is 1. The SMILES string of the molecule is O[C@@H]1CO[C@H]2COC(c3ccccc3)O[C@H]2C1. The van der Waals surface area contributed by atoms with E-state index in [9.17, 15) is 5.11 Å². The molecule has 92 valence electrons. The van der Waals surface area contributed by atoms with Crippen molar-refractivity contribution in [2.24, 2.45) is 0 Å². The smallest absolute Gasteiger partial charge is 0.184 e. The van der Waals surface area contributed by atoms with E-state index < -0.39 is 6.10 Å². The van der Waals surface area contributed by atoms with Gasteiger partial charge in [0.1, 0.15) is 6.10 Å². The van der Waals surface area contributed by atoms with Gasteiger partial charge in [-0.15, -0.1) is 0 Å². The first-order valence-corrected chi connectivity index (χ1v) is 5.94. The van der Waals surface area contributed by atoms with Gasteiger partial charge in [0.25, 0.3) is 0 Å². The number of rotatable bonds is 1. The number of hydrogen-bond acceptors (Lipinski definition) is 4. The molecule has 17 heavy (non-hydrogen) atoms. The van der Waals surface area contributed by atoms with Crippen molar-refractivity contribution >= 4 is 0 Å². The third kappa shape index (κ3) is 2.35. The summed E-state index contributed by atoms with van der Waals surface area (Å²) >= 11 is 0. The average Bonchev–Trinajstić information content (AvgIpc) is 2.39. The minimum atomic E-state index is -0.425. The maximum atomic E-state index is 9.56. The summed E-state index contributed by atoms with van der Waals surface area (Å²) in [7, 11) is 0. The van der Waals surface area contributed by atoms with Gasteiger partial charge in [0.2, 0.25) is 0 Å². The molecule has 2 saturated heterocycles. The van der Waals surface area contributed by atoms with Gasteiger partial charge in [0.05, 0.1) is 25.4 Å². The molecule has 0 amide bonds. The standard InChI is InChI=1S/C13H16O4/c14-10-6-11-12(15-7-10)8-16-13(17-11)9-4-2-1-3-5-9/h1-5,10-14H,6-8H2/t10-,11-,12-,13?/m0/s1. The van der Waals surface area contributed by atoms with Gasteiger partial charge in [-0.05, 0) is 0 Å². The van der Waals surface area contributed by atoms with Crippen LogP contribution in [0, 0.1) is 0 Å². The fourth-order valence-corrected chi connectivity index (χ4v) is 2.29. The molecule has 1 aromatic carbocycles. The molecule has 0 aromatic heterocycles. The van der Waals surface area contributed by atoms with Crippen molar-refractivity contribution in [3.05, 3.63) is 35.9 Å². The van der Waals surface area contributed by atoms with Crippen LogP contribution in [-0.4, -0.2) is 36.6 Å². The third-order valence-electron chi connectivity index (χ3n) is 3.20. The van der Waals surface area contributed by atoms with Crippen LogP contribution < -0.4 is 0 Å². The zero-order valence-electron chi connectivity index (χ0n) is 9.49. The van der Waals surface area contributed by atoms with E-state index >= 15 is 0 Å². The Balaban J connectivity index is 1.70. The predicted molar refractivity (Wildman–Crippen MR) is 60.4 cm³/mol. The molecule has 0 radical (unpaired) electrons. The second-order valence-corrected chi connectivity index (χ2v) is 4.51. The zero-order valence-corrected chi connectivity index (χ0v) is 9.49. The summed E-state index contributed by atoms with van der Waals surface area (Å²) in [6, 6.07) is 9.83. The lowest BCUT2D eigenvalue weighted by Gasteiger charge is -2.40. The van der Waals surface area contributed by atoms with Crippen LogP contribution in [0.15, 0.2) is 30.3 Å². The molecule has 0 bridgehead atoms. The highest BCUT2D eigenvalue weighted by Gasteiger charge is 2.37. The molecule has 1 unspecified atom stereocenters. The summed E-state index contributed by atoms with van der Waals surface area (Å²) in [5.74, 6) is 0. The van der Waals surface area contributed by atoms with E-state index in [0.717, 1.165) is 5.56 Å². The number of aliphatic hydroxyl groups excluding tert-OH is 1. The van der Waals surface area contributed by atoms with Crippen molar-refractivity contribution in [1.29, 1.82) is 0 Å². The highest BCUT2D eigenvalue weighted by molar-refractivity contribution is 5.16. The first-order chi connectivity index (χ1) is 8.33. The van der Waals surface area contributed by atoms with Crippen LogP contribution in [0.4, 0.5) is 0 Å². The van der Waals surface area contributed by atoms with E-state index in [2.05, 4.69) is 0 Å². The molecule has 4 nitrogen and oxygen atoms in total. The Morgan fingerprint density at radius 1 is 1.00 bits per heavy atom. The lowest BCUT2D eigenvalue weighted by Crippen LogP contribution is -2.49. The minimum Gasteiger partial charge on any atom is -0.391 e. The first kappa shape index (κ1) is 11.2. The maximum Gasteiger partial charge on any atom is 0.184 e. The predicted octanol–water partition coefficient (Wildman–Crippen LogP) is 1.25. The summed E-state index contributed by atoms with van der Waals surface area (Å²) in [5.41, 5.74) is 1.01. The van der Waals surface area contributed by atoms with Gasteiger partial charge in [-0.2, -0.15) is 0 Å². The summed E-state index contributed by atoms with van der Waals surface area (Å²) in [6.45, 7) is 0.904. The molecule has 2 heterocycles. The molecular formula is C13H16O4. The number of fused-ring (bicyclic) bond motifs is 1. The Labute approximate surface area is 100 Å². The number of ether oxygens (including phenoxy) is 3. The van der Waals surface area contributed by atoms with Gasteiger partial charge in [-0.3, -0.25) is 0 Å². The molecule has 1 N–H and O–H groups in total. The second-order valence-electron chi connectivity index (χ2n) is 4.51. The Morgan fingerprint density at radius 2 is 1.82 bits per heavy atom. The molecular weight excluding hydrogens is 220 g/mol. The Morgan fingerprint density at radius 3 is 2.65 bits per heavy atom. The molecule has 2 fully saturated rings. The van der Waals surface area contributed by atoms with Crippen LogP contribution in [0.3, 0.4) is 0 Å². The molecule has 4 atom stereocenters. The van der Waals surface area contributed by atoms with Gasteiger partial charge < -0.3 is 19.3 Å². The number of aliphatic hydroxyl groups is 1. The lowest BCUT2D eigenvalue weighted by molar-refractivity contribution is -0.288. The van der Waals surface area contributed by atoms with Crippen LogP contribution >= 0.6 is 0 Å². The molecule has 0 aliphatic carbocycles. The first-order valence-electron chi connectivity index (χ1n) is 5.94. The fourth-order valence-electron chi connectivity index (χ4n) is 2.29. The minimum absolute atomic E-state index is 0.0432. The Kier molecular flexibility index (Phi) is 3.11. The van der Waals surface area contributed by atoms with Crippen molar-refractivity contribution in [3.63, 3.8) is 0 Å². The Bertz CT molecular complexity index is 367. The van der Waals surface area contributed by atoms with Gasteiger partial charge in [-0.25, -0.2) is 0 Å². The quantitative estimate of drug-likeness (QED) is 0.797. The van der Waals surface area contributed by atoms with Gasteiger partial charge in [0.15, 0.2) is 6.29 Å². The summed E-state index contributed by atoms with van der Waals surface area (Å²) in [5, 5.41) is 9.56. The van der Waals surface area contributed by atoms with Crippen LogP contribution in [0.5, 0.6) is 0 Å². The third-order valence-corrected chi connectivity index (χ3v) is 3.20. The molecule has 2 aliphatic heterocycles. The molecule has 1 aromatic rings. The molecule has 2 aliphatic rings. The van der Waals surface area contributed by atoms with Crippen molar-refractivity contribution in [1.82, 2.24) is 0 Å². The monoisotopic (exact) mass is 236 g/mol. The van der Waals surface area contributed by atoms with E-state index in [0.29, 0.717) is 19.6 Å². The largest absolute Gasteiger partial charge is 0.391 e. The topological polar surface area (TPSA) is 47.9 Å². The highest BCUT2D eigenvalue weighted by Crippen LogP contribution is 2.31. The van der Waals surface area contributed by atoms with Crippen molar-refractivity contribution in [3.8, 4) is 0 Å².